The maximum atomic E-state index is 10.9. The molecular weight excluding hydrogens is 332 g/mol. The number of rotatable bonds is 5. The highest BCUT2D eigenvalue weighted by atomic mass is 32.2. The summed E-state index contributed by atoms with van der Waals surface area (Å²) < 4.78 is 7.84. The molecule has 1 aliphatic heterocycles. The van der Waals surface area contributed by atoms with Crippen molar-refractivity contribution < 1.29 is 14.1 Å². The third kappa shape index (κ3) is 4.86. The zero-order valence-corrected chi connectivity index (χ0v) is 15.5. The van der Waals surface area contributed by atoms with Crippen LogP contribution in [-0.4, -0.2) is 31.1 Å². The summed E-state index contributed by atoms with van der Waals surface area (Å²) in [5, 5.41) is 0.167. The van der Waals surface area contributed by atoms with Crippen LogP contribution in [0.1, 0.15) is 18.1 Å². The normalized spacial score (nSPS) is 13.6. The number of nitrogens with zero attached hydrogens (tertiary/aromatic N) is 2. The summed E-state index contributed by atoms with van der Waals surface area (Å²) in [5.41, 5.74) is 3.42. The lowest BCUT2D eigenvalue weighted by Gasteiger charge is -2.27. The molecule has 3 rings (SSSR count). The molecule has 0 amide bonds. The first kappa shape index (κ1) is 17.5. The minimum atomic E-state index is 0.167. The van der Waals surface area contributed by atoms with Crippen molar-refractivity contribution in [3.05, 3.63) is 53.9 Å². The number of pyridine rings is 1. The molecule has 1 aromatic heterocycles. The number of thioether (sulfide) groups is 1. The van der Waals surface area contributed by atoms with Crippen molar-refractivity contribution in [2.24, 2.45) is 0 Å². The number of benzene rings is 1. The van der Waals surface area contributed by atoms with Crippen molar-refractivity contribution in [1.82, 2.24) is 0 Å². The van der Waals surface area contributed by atoms with Gasteiger partial charge in [0.05, 0.1) is 18.0 Å². The molecule has 1 aromatic carbocycles. The Balaban J connectivity index is 1.63. The average Bonchev–Trinajstić information content (AvgIpc) is 2.61. The molecule has 0 unspecified atom stereocenters. The number of hydrogen-bond donors (Lipinski definition) is 0. The summed E-state index contributed by atoms with van der Waals surface area (Å²) in [6, 6.07) is 10.5. The fourth-order valence-corrected chi connectivity index (χ4v) is 3.28. The Bertz CT molecular complexity index is 772. The van der Waals surface area contributed by atoms with Gasteiger partial charge in [-0.1, -0.05) is 30.0 Å². The Kier molecular flexibility index (Phi) is 5.76. The largest absolute Gasteiger partial charge is 0.490 e. The molecule has 0 N–H and O–H groups in total. The van der Waals surface area contributed by atoms with Gasteiger partial charge in [0, 0.05) is 26.1 Å². The van der Waals surface area contributed by atoms with E-state index >= 15 is 0 Å². The number of hydrogen-bond acceptors (Lipinski definition) is 4. The Hall–Kier alpha value is -2.27. The van der Waals surface area contributed by atoms with E-state index in [2.05, 4.69) is 59.0 Å². The Morgan fingerprint density at radius 2 is 2.00 bits per heavy atom. The summed E-state index contributed by atoms with van der Waals surface area (Å²) in [6.45, 7) is 4.10. The molecule has 2 heterocycles. The molecule has 2 aromatic rings. The number of carbonyl (C=O) groups excluding carboxylic acids is 1. The van der Waals surface area contributed by atoms with Crippen molar-refractivity contribution in [1.29, 1.82) is 0 Å². The second kappa shape index (κ2) is 8.21. The molecule has 0 bridgehead atoms. The van der Waals surface area contributed by atoms with Crippen LogP contribution in [0.3, 0.4) is 0 Å². The predicted molar refractivity (Wildman–Crippen MR) is 104 cm³/mol. The number of likely N-dealkylation sites (N-methyl/N-ethyl adjacent to an activating group) is 1. The molecule has 0 saturated carbocycles. The first-order valence-electron chi connectivity index (χ1n) is 8.40. The number of fused-ring (bicyclic) bond motifs is 1. The van der Waals surface area contributed by atoms with E-state index in [1.807, 2.05) is 12.4 Å². The highest BCUT2D eigenvalue weighted by Crippen LogP contribution is 2.31. The van der Waals surface area contributed by atoms with Gasteiger partial charge in [-0.15, -0.1) is 0 Å². The smallest absolute Gasteiger partial charge is 0.186 e. The summed E-state index contributed by atoms with van der Waals surface area (Å²) in [4.78, 5) is 13.2. The van der Waals surface area contributed by atoms with Crippen molar-refractivity contribution >= 4 is 34.7 Å². The van der Waals surface area contributed by atoms with Gasteiger partial charge < -0.3 is 9.64 Å². The molecule has 130 valence electrons. The number of anilines is 1. The SMILES string of the molecule is CC(=O)SCC[n+]1ccc(/C=C/c2ccc3c(c2)OCCN3C)cc1. The van der Waals surface area contributed by atoms with Crippen LogP contribution in [0.15, 0.2) is 42.7 Å². The lowest BCUT2D eigenvalue weighted by Crippen LogP contribution is -2.33. The van der Waals surface area contributed by atoms with E-state index in [1.54, 1.807) is 6.92 Å². The number of ether oxygens (including phenoxy) is 1. The van der Waals surface area contributed by atoms with Gasteiger partial charge in [0.1, 0.15) is 12.4 Å². The molecule has 0 aliphatic carbocycles. The monoisotopic (exact) mass is 355 g/mol. The second-order valence-electron chi connectivity index (χ2n) is 6.04. The molecule has 0 spiro atoms. The predicted octanol–water partition coefficient (Wildman–Crippen LogP) is 3.25. The Morgan fingerprint density at radius 1 is 1.24 bits per heavy atom. The average molecular weight is 355 g/mol. The molecule has 4 nitrogen and oxygen atoms in total. The topological polar surface area (TPSA) is 33.4 Å². The van der Waals surface area contributed by atoms with E-state index in [9.17, 15) is 4.79 Å². The van der Waals surface area contributed by atoms with Crippen molar-refractivity contribution in [2.75, 3.05) is 30.9 Å². The van der Waals surface area contributed by atoms with E-state index in [4.69, 9.17) is 4.74 Å². The molecule has 1 aliphatic rings. The van der Waals surface area contributed by atoms with Gasteiger partial charge >= 0.3 is 0 Å². The lowest BCUT2D eigenvalue weighted by atomic mass is 10.1. The van der Waals surface area contributed by atoms with E-state index in [1.165, 1.54) is 11.8 Å². The zero-order chi connectivity index (χ0) is 17.6. The van der Waals surface area contributed by atoms with E-state index in [0.29, 0.717) is 0 Å². The summed E-state index contributed by atoms with van der Waals surface area (Å²) in [5.74, 6) is 1.75. The number of aryl methyl sites for hydroxylation is 1. The molecular formula is C20H23N2O2S+. The summed E-state index contributed by atoms with van der Waals surface area (Å²) in [6.07, 6.45) is 8.29. The van der Waals surface area contributed by atoms with Crippen LogP contribution in [0.4, 0.5) is 5.69 Å². The fraction of sp³-hybridized carbons (Fsp3) is 0.300. The Morgan fingerprint density at radius 3 is 2.76 bits per heavy atom. The maximum Gasteiger partial charge on any atom is 0.186 e. The first-order chi connectivity index (χ1) is 12.1. The van der Waals surface area contributed by atoms with Gasteiger partial charge in [-0.05, 0) is 23.3 Å². The molecule has 25 heavy (non-hydrogen) atoms. The van der Waals surface area contributed by atoms with Crippen molar-refractivity contribution in [3.8, 4) is 5.75 Å². The first-order valence-corrected chi connectivity index (χ1v) is 9.39. The summed E-state index contributed by atoms with van der Waals surface area (Å²) in [7, 11) is 2.09. The molecule has 0 radical (unpaired) electrons. The third-order valence-corrected chi connectivity index (χ3v) is 4.91. The van der Waals surface area contributed by atoms with Gasteiger partial charge in [-0.2, -0.15) is 0 Å². The molecule has 5 heteroatoms. The van der Waals surface area contributed by atoms with Crippen LogP contribution in [0, 0.1) is 0 Å². The number of carbonyl (C=O) groups is 1. The maximum absolute atomic E-state index is 10.9. The van der Waals surface area contributed by atoms with Crippen LogP contribution in [-0.2, 0) is 11.3 Å². The van der Waals surface area contributed by atoms with Crippen molar-refractivity contribution in [3.63, 3.8) is 0 Å². The fourth-order valence-electron chi connectivity index (χ4n) is 2.69. The van der Waals surface area contributed by atoms with Gasteiger partial charge in [0.2, 0.25) is 0 Å². The zero-order valence-electron chi connectivity index (χ0n) is 14.6. The van der Waals surface area contributed by atoms with E-state index < -0.39 is 0 Å². The number of aromatic nitrogens is 1. The van der Waals surface area contributed by atoms with Crippen molar-refractivity contribution in [2.45, 2.75) is 13.5 Å². The quantitative estimate of drug-likeness (QED) is 0.771. The summed E-state index contributed by atoms with van der Waals surface area (Å²) >= 11 is 1.36. The highest BCUT2D eigenvalue weighted by Gasteiger charge is 2.14. The van der Waals surface area contributed by atoms with Gasteiger partial charge in [-0.3, -0.25) is 4.79 Å². The second-order valence-corrected chi connectivity index (χ2v) is 7.31. The minimum Gasteiger partial charge on any atom is -0.490 e. The minimum absolute atomic E-state index is 0.167. The van der Waals surface area contributed by atoms with Crippen LogP contribution in [0.2, 0.25) is 0 Å². The van der Waals surface area contributed by atoms with E-state index in [0.717, 1.165) is 48.0 Å². The molecule has 0 saturated heterocycles. The van der Waals surface area contributed by atoms with Crippen LogP contribution in [0.25, 0.3) is 12.2 Å². The standard InChI is InChI=1S/C20H23N2O2S/c1-16(23)25-14-12-22-9-7-17(8-10-22)3-4-18-5-6-19-20(15-18)24-13-11-21(19)2/h3-10,15H,11-14H2,1-2H3/q+1. The lowest BCUT2D eigenvalue weighted by molar-refractivity contribution is -0.692. The van der Waals surface area contributed by atoms with Crippen LogP contribution >= 0.6 is 11.8 Å². The van der Waals surface area contributed by atoms with Gasteiger partial charge in [-0.25, -0.2) is 4.57 Å². The third-order valence-electron chi connectivity index (χ3n) is 4.12. The highest BCUT2D eigenvalue weighted by molar-refractivity contribution is 8.13. The molecule has 0 fully saturated rings. The Labute approximate surface area is 153 Å². The van der Waals surface area contributed by atoms with Crippen LogP contribution in [0.5, 0.6) is 5.75 Å². The van der Waals surface area contributed by atoms with E-state index in [-0.39, 0.29) is 5.12 Å². The van der Waals surface area contributed by atoms with Gasteiger partial charge in [0.25, 0.3) is 0 Å². The van der Waals surface area contributed by atoms with Crippen LogP contribution < -0.4 is 14.2 Å². The molecule has 0 atom stereocenters. The van der Waals surface area contributed by atoms with Gasteiger partial charge in [0.15, 0.2) is 24.1 Å².